The predicted molar refractivity (Wildman–Crippen MR) is 72.7 cm³/mol. The molecule has 0 heterocycles. The fourth-order valence-corrected chi connectivity index (χ4v) is 3.41. The molecule has 0 fully saturated rings. The summed E-state index contributed by atoms with van der Waals surface area (Å²) in [6, 6.07) is 4.81. The maximum absolute atomic E-state index is 11.7. The molecule has 0 amide bonds. The van der Waals surface area contributed by atoms with Gasteiger partial charge >= 0.3 is 5.97 Å². The number of aromatic carboxylic acids is 1. The van der Waals surface area contributed by atoms with Gasteiger partial charge in [-0.1, -0.05) is 35.3 Å². The lowest BCUT2D eigenvalue weighted by Crippen LogP contribution is -2.03. The lowest BCUT2D eigenvalue weighted by molar-refractivity contribution is 0.0697. The second-order valence-corrected chi connectivity index (χ2v) is 6.18. The van der Waals surface area contributed by atoms with E-state index >= 15 is 0 Å². The first-order chi connectivity index (χ1) is 8.04. The third-order valence-corrected chi connectivity index (χ3v) is 4.46. The summed E-state index contributed by atoms with van der Waals surface area (Å²) in [6.07, 6.45) is 1.99. The van der Waals surface area contributed by atoms with Crippen molar-refractivity contribution in [3.8, 4) is 0 Å². The van der Waals surface area contributed by atoms with Crippen LogP contribution in [0.25, 0.3) is 0 Å². The summed E-state index contributed by atoms with van der Waals surface area (Å²) < 4.78 is 12.4. The zero-order chi connectivity index (χ0) is 12.8. The smallest absolute Gasteiger partial charge is 0.335 e. The Morgan fingerprint density at radius 3 is 2.71 bits per heavy atom. The number of hydrogen-bond acceptors (Lipinski definition) is 2. The molecule has 0 bridgehead atoms. The molecule has 0 saturated carbocycles. The molecular weight excluding hydrogens is 304 g/mol. The van der Waals surface area contributed by atoms with Gasteiger partial charge in [-0.05, 0) is 24.1 Å². The predicted octanol–water partition coefficient (Wildman–Crippen LogP) is 3.20. The van der Waals surface area contributed by atoms with Gasteiger partial charge in [0, 0.05) is 26.8 Å². The van der Waals surface area contributed by atoms with Crippen LogP contribution in [-0.2, 0) is 16.6 Å². The Balaban J connectivity index is 2.72. The van der Waals surface area contributed by atoms with Crippen molar-refractivity contribution in [1.82, 2.24) is 0 Å². The van der Waals surface area contributed by atoms with Gasteiger partial charge in [0.2, 0.25) is 0 Å². The number of carboxylic acid groups (broad SMARTS) is 1. The minimum atomic E-state index is -0.954. The van der Waals surface area contributed by atoms with Crippen LogP contribution in [0.5, 0.6) is 0 Å². The summed E-state index contributed by atoms with van der Waals surface area (Å²) >= 11 is 3.31. The Bertz CT molecular complexity index is 432. The molecule has 1 N–H and O–H groups in total. The molecular formula is C12H15BrO3S. The third kappa shape index (κ3) is 4.60. The number of halogens is 1. The number of carbonyl (C=O) groups is 1. The second kappa shape index (κ2) is 6.91. The van der Waals surface area contributed by atoms with Gasteiger partial charge in [-0.3, -0.25) is 4.21 Å². The van der Waals surface area contributed by atoms with E-state index in [-0.39, 0.29) is 5.56 Å². The van der Waals surface area contributed by atoms with Crippen molar-refractivity contribution < 1.29 is 14.1 Å². The van der Waals surface area contributed by atoms with Crippen LogP contribution >= 0.6 is 15.9 Å². The van der Waals surface area contributed by atoms with Crippen LogP contribution in [0.4, 0.5) is 0 Å². The molecule has 0 aliphatic heterocycles. The van der Waals surface area contributed by atoms with E-state index in [9.17, 15) is 9.00 Å². The molecule has 5 heteroatoms. The highest BCUT2D eigenvalue weighted by Gasteiger charge is 2.09. The van der Waals surface area contributed by atoms with E-state index < -0.39 is 16.8 Å². The van der Waals surface area contributed by atoms with E-state index in [1.54, 1.807) is 18.2 Å². The van der Waals surface area contributed by atoms with Crippen LogP contribution in [0.1, 0.15) is 35.7 Å². The maximum Gasteiger partial charge on any atom is 0.335 e. The van der Waals surface area contributed by atoms with Crippen LogP contribution < -0.4 is 0 Å². The van der Waals surface area contributed by atoms with Gasteiger partial charge in [0.1, 0.15) is 0 Å². The SMILES string of the molecule is CCCCS(=O)Cc1ccc(C(=O)O)cc1Br. The Labute approximate surface area is 112 Å². The van der Waals surface area contributed by atoms with Crippen molar-refractivity contribution in [3.05, 3.63) is 33.8 Å². The van der Waals surface area contributed by atoms with Gasteiger partial charge in [0.25, 0.3) is 0 Å². The average molecular weight is 319 g/mol. The van der Waals surface area contributed by atoms with Crippen molar-refractivity contribution in [3.63, 3.8) is 0 Å². The fraction of sp³-hybridized carbons (Fsp3) is 0.417. The molecule has 94 valence electrons. The van der Waals surface area contributed by atoms with Crippen LogP contribution in [-0.4, -0.2) is 21.0 Å². The van der Waals surface area contributed by atoms with Crippen molar-refractivity contribution in [2.24, 2.45) is 0 Å². The molecule has 0 aromatic heterocycles. The summed E-state index contributed by atoms with van der Waals surface area (Å²) in [4.78, 5) is 10.7. The number of benzene rings is 1. The van der Waals surface area contributed by atoms with E-state index in [4.69, 9.17) is 5.11 Å². The average Bonchev–Trinajstić information content (AvgIpc) is 2.28. The Morgan fingerprint density at radius 2 is 2.18 bits per heavy atom. The standard InChI is InChI=1S/C12H15BrO3S/c1-2-3-6-17(16)8-10-5-4-9(12(14)15)7-11(10)13/h4-5,7H,2-3,6,8H2,1H3,(H,14,15). The quantitative estimate of drug-likeness (QED) is 0.876. The Morgan fingerprint density at radius 1 is 1.47 bits per heavy atom. The van der Waals surface area contributed by atoms with Crippen molar-refractivity contribution in [1.29, 1.82) is 0 Å². The van der Waals surface area contributed by atoms with E-state index in [0.717, 1.165) is 18.4 Å². The first kappa shape index (κ1) is 14.4. The number of carboxylic acids is 1. The highest BCUT2D eigenvalue weighted by molar-refractivity contribution is 9.10. The van der Waals surface area contributed by atoms with E-state index in [0.29, 0.717) is 16.0 Å². The fourth-order valence-electron chi connectivity index (χ4n) is 1.35. The molecule has 1 aromatic rings. The zero-order valence-corrected chi connectivity index (χ0v) is 12.0. The maximum atomic E-state index is 11.7. The summed E-state index contributed by atoms with van der Waals surface area (Å²) in [6.45, 7) is 2.06. The van der Waals surface area contributed by atoms with E-state index in [2.05, 4.69) is 22.9 Å². The second-order valence-electron chi connectivity index (χ2n) is 3.75. The van der Waals surface area contributed by atoms with Crippen LogP contribution in [0.15, 0.2) is 22.7 Å². The van der Waals surface area contributed by atoms with Crippen molar-refractivity contribution in [2.75, 3.05) is 5.75 Å². The molecule has 0 aliphatic rings. The normalized spacial score (nSPS) is 12.4. The third-order valence-electron chi connectivity index (χ3n) is 2.34. The van der Waals surface area contributed by atoms with Gasteiger partial charge in [0.15, 0.2) is 0 Å². The van der Waals surface area contributed by atoms with E-state index in [1.807, 2.05) is 0 Å². The highest BCUT2D eigenvalue weighted by Crippen LogP contribution is 2.20. The molecule has 17 heavy (non-hydrogen) atoms. The van der Waals surface area contributed by atoms with E-state index in [1.165, 1.54) is 0 Å². The minimum Gasteiger partial charge on any atom is -0.478 e. The number of rotatable bonds is 6. The van der Waals surface area contributed by atoms with Crippen LogP contribution in [0, 0.1) is 0 Å². The first-order valence-corrected chi connectivity index (χ1v) is 7.69. The molecule has 1 unspecified atom stereocenters. The van der Waals surface area contributed by atoms with Gasteiger partial charge in [0.05, 0.1) is 5.56 Å². The number of hydrogen-bond donors (Lipinski definition) is 1. The number of unbranched alkanes of at least 4 members (excludes halogenated alkanes) is 1. The largest absolute Gasteiger partial charge is 0.478 e. The highest BCUT2D eigenvalue weighted by atomic mass is 79.9. The molecule has 0 saturated heterocycles. The van der Waals surface area contributed by atoms with Crippen molar-refractivity contribution in [2.45, 2.75) is 25.5 Å². The topological polar surface area (TPSA) is 54.4 Å². The zero-order valence-electron chi connectivity index (χ0n) is 9.61. The van der Waals surface area contributed by atoms with Crippen LogP contribution in [0.3, 0.4) is 0 Å². The van der Waals surface area contributed by atoms with Crippen molar-refractivity contribution >= 4 is 32.7 Å². The molecule has 0 radical (unpaired) electrons. The van der Waals surface area contributed by atoms with Gasteiger partial charge < -0.3 is 5.11 Å². The summed E-state index contributed by atoms with van der Waals surface area (Å²) in [5.74, 6) is 0.216. The summed E-state index contributed by atoms with van der Waals surface area (Å²) in [7, 11) is -0.876. The summed E-state index contributed by atoms with van der Waals surface area (Å²) in [5.41, 5.74) is 1.13. The molecule has 1 aromatic carbocycles. The lowest BCUT2D eigenvalue weighted by atomic mass is 10.1. The Kier molecular flexibility index (Phi) is 5.85. The lowest BCUT2D eigenvalue weighted by Gasteiger charge is -2.05. The van der Waals surface area contributed by atoms with Gasteiger partial charge in [-0.2, -0.15) is 0 Å². The summed E-state index contributed by atoms with van der Waals surface area (Å²) in [5, 5.41) is 8.82. The molecule has 0 aliphatic carbocycles. The molecule has 0 spiro atoms. The molecule has 3 nitrogen and oxygen atoms in total. The molecule has 1 rings (SSSR count). The molecule has 1 atom stereocenters. The van der Waals surface area contributed by atoms with Crippen LogP contribution in [0.2, 0.25) is 0 Å². The minimum absolute atomic E-state index is 0.236. The monoisotopic (exact) mass is 318 g/mol. The van der Waals surface area contributed by atoms with Gasteiger partial charge in [-0.25, -0.2) is 4.79 Å². The Hall–Kier alpha value is -0.680. The first-order valence-electron chi connectivity index (χ1n) is 5.41. The van der Waals surface area contributed by atoms with Gasteiger partial charge in [-0.15, -0.1) is 0 Å².